The highest BCUT2D eigenvalue weighted by atomic mass is 32.2. The monoisotopic (exact) mass is 232 g/mol. The molecule has 1 aliphatic rings. The van der Waals surface area contributed by atoms with Gasteiger partial charge in [0.25, 0.3) is 0 Å². The lowest BCUT2D eigenvalue weighted by molar-refractivity contribution is -0.115. The summed E-state index contributed by atoms with van der Waals surface area (Å²) in [7, 11) is 0. The molecule has 0 spiro atoms. The minimum Gasteiger partial charge on any atom is -0.324 e. The Bertz CT molecular complexity index is 465. The maximum atomic E-state index is 11.5. The van der Waals surface area contributed by atoms with Crippen molar-refractivity contribution in [1.29, 1.82) is 5.26 Å². The molecule has 0 bridgehead atoms. The zero-order valence-corrected chi connectivity index (χ0v) is 9.80. The van der Waals surface area contributed by atoms with E-state index in [1.807, 2.05) is 25.1 Å². The van der Waals surface area contributed by atoms with Crippen molar-refractivity contribution in [2.45, 2.75) is 29.9 Å². The largest absolute Gasteiger partial charge is 0.324 e. The standard InChI is InChI=1S/C12H12N2OS/c1-8-12(15)14-10-7-9(3-2-6-13)4-5-11(10)16-8/h4-5,7-8H,2-3H2,1H3,(H,14,15). The second-order valence-electron chi connectivity index (χ2n) is 3.74. The third-order valence-electron chi connectivity index (χ3n) is 2.50. The van der Waals surface area contributed by atoms with E-state index in [2.05, 4.69) is 11.4 Å². The Hall–Kier alpha value is -1.47. The van der Waals surface area contributed by atoms with Gasteiger partial charge in [-0.05, 0) is 31.0 Å². The second kappa shape index (κ2) is 4.58. The molecule has 1 heterocycles. The predicted octanol–water partition coefficient (Wildman–Crippen LogP) is 2.58. The highest BCUT2D eigenvalue weighted by molar-refractivity contribution is 8.00. The fourth-order valence-corrected chi connectivity index (χ4v) is 2.54. The lowest BCUT2D eigenvalue weighted by Crippen LogP contribution is -2.26. The summed E-state index contributed by atoms with van der Waals surface area (Å²) >= 11 is 1.58. The van der Waals surface area contributed by atoms with Gasteiger partial charge in [-0.2, -0.15) is 5.26 Å². The molecule has 1 aliphatic heterocycles. The molecular formula is C12H12N2OS. The molecule has 1 N–H and O–H groups in total. The van der Waals surface area contributed by atoms with Crippen molar-refractivity contribution in [3.8, 4) is 6.07 Å². The maximum absolute atomic E-state index is 11.5. The van der Waals surface area contributed by atoms with Gasteiger partial charge in [0.1, 0.15) is 0 Å². The molecule has 1 atom stereocenters. The molecule has 0 saturated carbocycles. The Morgan fingerprint density at radius 2 is 2.38 bits per heavy atom. The van der Waals surface area contributed by atoms with Gasteiger partial charge >= 0.3 is 0 Å². The number of anilines is 1. The average Bonchev–Trinajstić information content (AvgIpc) is 2.28. The fourth-order valence-electron chi connectivity index (χ4n) is 1.61. The highest BCUT2D eigenvalue weighted by Gasteiger charge is 2.22. The Labute approximate surface area is 98.8 Å². The number of nitrogens with one attached hydrogen (secondary N) is 1. The van der Waals surface area contributed by atoms with E-state index in [0.29, 0.717) is 6.42 Å². The number of thioether (sulfide) groups is 1. The quantitative estimate of drug-likeness (QED) is 0.852. The molecule has 0 radical (unpaired) electrons. The third-order valence-corrected chi connectivity index (χ3v) is 3.68. The molecule has 16 heavy (non-hydrogen) atoms. The molecule has 0 aliphatic carbocycles. The van der Waals surface area contributed by atoms with Crippen LogP contribution in [0.2, 0.25) is 0 Å². The summed E-state index contributed by atoms with van der Waals surface area (Å²) in [6.07, 6.45) is 1.25. The van der Waals surface area contributed by atoms with Gasteiger partial charge in [0.2, 0.25) is 5.91 Å². The second-order valence-corrected chi connectivity index (χ2v) is 5.12. The minimum absolute atomic E-state index is 0.0301. The van der Waals surface area contributed by atoms with E-state index < -0.39 is 0 Å². The van der Waals surface area contributed by atoms with Gasteiger partial charge in [-0.15, -0.1) is 11.8 Å². The van der Waals surface area contributed by atoms with E-state index in [-0.39, 0.29) is 11.2 Å². The Balaban J connectivity index is 2.23. The Morgan fingerprint density at radius 1 is 1.56 bits per heavy atom. The normalized spacial score (nSPS) is 18.5. The first-order chi connectivity index (χ1) is 7.70. The molecular weight excluding hydrogens is 220 g/mol. The van der Waals surface area contributed by atoms with Gasteiger partial charge in [0.15, 0.2) is 0 Å². The predicted molar refractivity (Wildman–Crippen MR) is 64.3 cm³/mol. The van der Waals surface area contributed by atoms with Crippen LogP contribution in [0.3, 0.4) is 0 Å². The van der Waals surface area contributed by atoms with Crippen molar-refractivity contribution in [2.75, 3.05) is 5.32 Å². The number of nitrogens with zero attached hydrogens (tertiary/aromatic N) is 1. The van der Waals surface area contributed by atoms with E-state index in [1.165, 1.54) is 0 Å². The molecule has 1 aromatic carbocycles. The minimum atomic E-state index is -0.0301. The molecule has 0 fully saturated rings. The number of hydrogen-bond donors (Lipinski definition) is 1. The molecule has 1 amide bonds. The van der Waals surface area contributed by atoms with Crippen LogP contribution in [0.4, 0.5) is 5.69 Å². The summed E-state index contributed by atoms with van der Waals surface area (Å²) in [5, 5.41) is 11.4. The first-order valence-corrected chi connectivity index (χ1v) is 6.06. The van der Waals surface area contributed by atoms with Gasteiger partial charge in [-0.3, -0.25) is 4.79 Å². The van der Waals surface area contributed by atoms with E-state index in [1.54, 1.807) is 11.8 Å². The van der Waals surface area contributed by atoms with Crippen LogP contribution in [0.5, 0.6) is 0 Å². The van der Waals surface area contributed by atoms with Crippen LogP contribution in [0.15, 0.2) is 23.1 Å². The number of nitriles is 1. The van der Waals surface area contributed by atoms with Crippen LogP contribution >= 0.6 is 11.8 Å². The van der Waals surface area contributed by atoms with Crippen molar-refractivity contribution in [3.63, 3.8) is 0 Å². The van der Waals surface area contributed by atoms with Crippen LogP contribution in [0, 0.1) is 11.3 Å². The van der Waals surface area contributed by atoms with Gasteiger partial charge in [0, 0.05) is 11.3 Å². The van der Waals surface area contributed by atoms with Crippen LogP contribution in [0.25, 0.3) is 0 Å². The first-order valence-electron chi connectivity index (χ1n) is 5.18. The van der Waals surface area contributed by atoms with Crippen LogP contribution in [0.1, 0.15) is 18.9 Å². The lowest BCUT2D eigenvalue weighted by atomic mass is 10.1. The number of carbonyl (C=O) groups excluding carboxylic acids is 1. The molecule has 0 aromatic heterocycles. The number of rotatable bonds is 2. The van der Waals surface area contributed by atoms with Crippen molar-refractivity contribution >= 4 is 23.4 Å². The zero-order chi connectivity index (χ0) is 11.5. The summed E-state index contributed by atoms with van der Waals surface area (Å²) in [6, 6.07) is 8.12. The van der Waals surface area contributed by atoms with Crippen LogP contribution in [-0.2, 0) is 11.2 Å². The molecule has 2 rings (SSSR count). The number of amides is 1. The Morgan fingerprint density at radius 3 is 3.12 bits per heavy atom. The summed E-state index contributed by atoms with van der Waals surface area (Å²) in [5.74, 6) is 0.0509. The number of benzene rings is 1. The number of fused-ring (bicyclic) bond motifs is 1. The number of hydrogen-bond acceptors (Lipinski definition) is 3. The highest BCUT2D eigenvalue weighted by Crippen LogP contribution is 2.35. The average molecular weight is 232 g/mol. The number of aryl methyl sites for hydroxylation is 1. The summed E-state index contributed by atoms with van der Waals surface area (Å²) in [6.45, 7) is 1.90. The van der Waals surface area contributed by atoms with Gasteiger partial charge in [-0.1, -0.05) is 6.07 Å². The SMILES string of the molecule is CC1Sc2ccc(CCC#N)cc2NC1=O. The zero-order valence-electron chi connectivity index (χ0n) is 8.99. The maximum Gasteiger partial charge on any atom is 0.237 e. The van der Waals surface area contributed by atoms with Crippen LogP contribution in [-0.4, -0.2) is 11.2 Å². The van der Waals surface area contributed by atoms with Crippen molar-refractivity contribution in [2.24, 2.45) is 0 Å². The first kappa shape index (κ1) is 11.0. The van der Waals surface area contributed by atoms with Gasteiger partial charge in [0.05, 0.1) is 17.0 Å². The van der Waals surface area contributed by atoms with Crippen molar-refractivity contribution in [3.05, 3.63) is 23.8 Å². The molecule has 82 valence electrons. The summed E-state index contributed by atoms with van der Waals surface area (Å²) in [5.41, 5.74) is 1.97. The molecule has 3 nitrogen and oxygen atoms in total. The van der Waals surface area contributed by atoms with Crippen molar-refractivity contribution in [1.82, 2.24) is 0 Å². The van der Waals surface area contributed by atoms with Crippen molar-refractivity contribution < 1.29 is 4.79 Å². The van der Waals surface area contributed by atoms with Crippen LogP contribution < -0.4 is 5.32 Å². The summed E-state index contributed by atoms with van der Waals surface area (Å²) < 4.78 is 0. The third kappa shape index (κ3) is 2.20. The number of carbonyl (C=O) groups is 1. The molecule has 1 aromatic rings. The fraction of sp³-hybridized carbons (Fsp3) is 0.333. The molecule has 4 heteroatoms. The summed E-state index contributed by atoms with van der Waals surface area (Å²) in [4.78, 5) is 12.6. The van der Waals surface area contributed by atoms with E-state index >= 15 is 0 Å². The topological polar surface area (TPSA) is 52.9 Å². The Kier molecular flexibility index (Phi) is 3.16. The smallest absolute Gasteiger partial charge is 0.237 e. The van der Waals surface area contributed by atoms with Gasteiger partial charge in [-0.25, -0.2) is 0 Å². The molecule has 1 unspecified atom stereocenters. The molecule has 0 saturated heterocycles. The van der Waals surface area contributed by atoms with E-state index in [9.17, 15) is 4.79 Å². The van der Waals surface area contributed by atoms with E-state index in [0.717, 1.165) is 22.6 Å². The van der Waals surface area contributed by atoms with Gasteiger partial charge < -0.3 is 5.32 Å². The van der Waals surface area contributed by atoms with E-state index in [4.69, 9.17) is 5.26 Å². The lowest BCUT2D eigenvalue weighted by Gasteiger charge is -2.21.